The van der Waals surface area contributed by atoms with Crippen molar-refractivity contribution in [1.82, 2.24) is 9.78 Å². The molecule has 0 amide bonds. The Morgan fingerprint density at radius 3 is 2.82 bits per heavy atom. The highest BCUT2D eigenvalue weighted by molar-refractivity contribution is 7.19. The number of aryl methyl sites for hydroxylation is 1. The summed E-state index contributed by atoms with van der Waals surface area (Å²) < 4.78 is 2.90. The average molecular weight is 244 g/mol. The lowest BCUT2D eigenvalue weighted by Gasteiger charge is -2.08. The fourth-order valence-electron chi connectivity index (χ4n) is 1.94. The summed E-state index contributed by atoms with van der Waals surface area (Å²) in [4.78, 5) is 0.954. The van der Waals surface area contributed by atoms with E-state index in [1.165, 1.54) is 10.1 Å². The largest absolute Gasteiger partial charge is 0.381 e. The van der Waals surface area contributed by atoms with E-state index < -0.39 is 6.10 Å². The van der Waals surface area contributed by atoms with Crippen molar-refractivity contribution in [2.45, 2.75) is 6.10 Å². The second-order valence-corrected chi connectivity index (χ2v) is 5.08. The smallest absolute Gasteiger partial charge is 0.130 e. The maximum atomic E-state index is 10.3. The van der Waals surface area contributed by atoms with Gasteiger partial charge in [0, 0.05) is 22.8 Å². The standard InChI is InChI=1S/C13H12N2OS/c1-15-10(6-7-14-15)13(16)12-8-9-4-2-3-5-11(9)17-12/h2-8,13,16H,1H3. The molecule has 0 radical (unpaired) electrons. The van der Waals surface area contributed by atoms with E-state index in [2.05, 4.69) is 17.2 Å². The van der Waals surface area contributed by atoms with Gasteiger partial charge in [0.25, 0.3) is 0 Å². The summed E-state index contributed by atoms with van der Waals surface area (Å²) in [6.45, 7) is 0. The van der Waals surface area contributed by atoms with Gasteiger partial charge in [-0.25, -0.2) is 0 Å². The summed E-state index contributed by atoms with van der Waals surface area (Å²) in [6.07, 6.45) is 1.10. The summed E-state index contributed by atoms with van der Waals surface area (Å²) in [5.74, 6) is 0. The van der Waals surface area contributed by atoms with Crippen LogP contribution in [0.5, 0.6) is 0 Å². The van der Waals surface area contributed by atoms with Crippen LogP contribution in [0.1, 0.15) is 16.7 Å². The van der Waals surface area contributed by atoms with Crippen LogP contribution in [0.2, 0.25) is 0 Å². The van der Waals surface area contributed by atoms with Crippen molar-refractivity contribution < 1.29 is 5.11 Å². The van der Waals surface area contributed by atoms with Crippen LogP contribution in [0.3, 0.4) is 0 Å². The molecule has 0 aliphatic rings. The number of fused-ring (bicyclic) bond motifs is 1. The number of hydrogen-bond acceptors (Lipinski definition) is 3. The quantitative estimate of drug-likeness (QED) is 0.752. The molecule has 86 valence electrons. The molecule has 1 atom stereocenters. The number of aromatic nitrogens is 2. The zero-order valence-electron chi connectivity index (χ0n) is 9.37. The normalized spacial score (nSPS) is 13.1. The van der Waals surface area contributed by atoms with Crippen LogP contribution >= 0.6 is 11.3 Å². The van der Waals surface area contributed by atoms with Crippen LogP contribution in [-0.2, 0) is 7.05 Å². The highest BCUT2D eigenvalue weighted by Crippen LogP contribution is 2.32. The van der Waals surface area contributed by atoms with Crippen molar-refractivity contribution in [3.8, 4) is 0 Å². The van der Waals surface area contributed by atoms with Gasteiger partial charge in [-0.3, -0.25) is 4.68 Å². The van der Waals surface area contributed by atoms with E-state index >= 15 is 0 Å². The molecule has 1 aromatic carbocycles. The predicted octanol–water partition coefficient (Wildman–Crippen LogP) is 2.72. The molecule has 3 nitrogen and oxygen atoms in total. The molecule has 1 N–H and O–H groups in total. The molecule has 3 aromatic rings. The molecule has 17 heavy (non-hydrogen) atoms. The lowest BCUT2D eigenvalue weighted by Crippen LogP contribution is -2.04. The minimum atomic E-state index is -0.597. The van der Waals surface area contributed by atoms with Gasteiger partial charge >= 0.3 is 0 Å². The van der Waals surface area contributed by atoms with Crippen molar-refractivity contribution in [3.63, 3.8) is 0 Å². The van der Waals surface area contributed by atoms with Gasteiger partial charge in [-0.15, -0.1) is 11.3 Å². The highest BCUT2D eigenvalue weighted by atomic mass is 32.1. The zero-order chi connectivity index (χ0) is 11.8. The van der Waals surface area contributed by atoms with E-state index in [1.807, 2.05) is 31.3 Å². The topological polar surface area (TPSA) is 38.0 Å². The summed E-state index contributed by atoms with van der Waals surface area (Å²) in [5, 5.41) is 15.6. The SMILES string of the molecule is Cn1nccc1C(O)c1cc2ccccc2s1. The Labute approximate surface area is 103 Å². The molecule has 3 rings (SSSR count). The van der Waals surface area contributed by atoms with Crippen LogP contribution in [0.25, 0.3) is 10.1 Å². The Balaban J connectivity index is 2.07. The van der Waals surface area contributed by atoms with Crippen molar-refractivity contribution in [3.05, 3.63) is 53.2 Å². The van der Waals surface area contributed by atoms with Crippen LogP contribution in [0.4, 0.5) is 0 Å². The second kappa shape index (κ2) is 3.98. The van der Waals surface area contributed by atoms with Crippen molar-refractivity contribution in [2.24, 2.45) is 7.05 Å². The first-order valence-corrected chi connectivity index (χ1v) is 6.22. The lowest BCUT2D eigenvalue weighted by atomic mass is 10.2. The molecule has 0 aliphatic carbocycles. The van der Waals surface area contributed by atoms with Gasteiger partial charge < -0.3 is 5.11 Å². The van der Waals surface area contributed by atoms with Crippen molar-refractivity contribution >= 4 is 21.4 Å². The number of aliphatic hydroxyl groups is 1. The van der Waals surface area contributed by atoms with E-state index in [1.54, 1.807) is 22.2 Å². The van der Waals surface area contributed by atoms with E-state index in [0.29, 0.717) is 0 Å². The Bertz CT molecular complexity index is 623. The molecular weight excluding hydrogens is 232 g/mol. The average Bonchev–Trinajstić information content (AvgIpc) is 2.93. The molecular formula is C13H12N2OS. The van der Waals surface area contributed by atoms with Gasteiger partial charge in [0.15, 0.2) is 0 Å². The molecule has 0 saturated carbocycles. The van der Waals surface area contributed by atoms with Gasteiger partial charge in [-0.05, 0) is 23.6 Å². The maximum Gasteiger partial charge on any atom is 0.130 e. The van der Waals surface area contributed by atoms with E-state index in [9.17, 15) is 5.11 Å². The molecule has 0 fully saturated rings. The first-order chi connectivity index (χ1) is 8.25. The number of aliphatic hydroxyl groups excluding tert-OH is 1. The minimum absolute atomic E-state index is 0.597. The van der Waals surface area contributed by atoms with Crippen molar-refractivity contribution in [2.75, 3.05) is 0 Å². The van der Waals surface area contributed by atoms with E-state index in [4.69, 9.17) is 0 Å². The van der Waals surface area contributed by atoms with Crippen LogP contribution < -0.4 is 0 Å². The van der Waals surface area contributed by atoms with E-state index in [0.717, 1.165) is 10.6 Å². The molecule has 0 aliphatic heterocycles. The number of benzene rings is 1. The maximum absolute atomic E-state index is 10.3. The Hall–Kier alpha value is -1.65. The van der Waals surface area contributed by atoms with Gasteiger partial charge in [-0.2, -0.15) is 5.10 Å². The number of hydrogen-bond donors (Lipinski definition) is 1. The Kier molecular flexibility index (Phi) is 2.46. The van der Waals surface area contributed by atoms with Gasteiger partial charge in [0.05, 0.1) is 5.69 Å². The molecule has 1 unspecified atom stereocenters. The van der Waals surface area contributed by atoms with Crippen LogP contribution in [0, 0.1) is 0 Å². The minimum Gasteiger partial charge on any atom is -0.381 e. The summed E-state index contributed by atoms with van der Waals surface area (Å²) in [6, 6.07) is 12.0. The molecule has 0 saturated heterocycles. The molecule has 4 heteroatoms. The van der Waals surface area contributed by atoms with E-state index in [-0.39, 0.29) is 0 Å². The number of nitrogens with zero attached hydrogens (tertiary/aromatic N) is 2. The fourth-order valence-corrected chi connectivity index (χ4v) is 3.00. The monoisotopic (exact) mass is 244 g/mol. The first kappa shape index (κ1) is 10.5. The summed E-state index contributed by atoms with van der Waals surface area (Å²) >= 11 is 1.62. The molecule has 2 aromatic heterocycles. The van der Waals surface area contributed by atoms with Gasteiger partial charge in [0.1, 0.15) is 6.10 Å². The van der Waals surface area contributed by atoms with Gasteiger partial charge in [-0.1, -0.05) is 18.2 Å². The van der Waals surface area contributed by atoms with Crippen molar-refractivity contribution in [1.29, 1.82) is 0 Å². The van der Waals surface area contributed by atoms with Gasteiger partial charge in [0.2, 0.25) is 0 Å². The molecule has 0 spiro atoms. The summed E-state index contributed by atoms with van der Waals surface area (Å²) in [7, 11) is 1.84. The predicted molar refractivity (Wildman–Crippen MR) is 69.1 cm³/mol. The lowest BCUT2D eigenvalue weighted by molar-refractivity contribution is 0.213. The van der Waals surface area contributed by atoms with Crippen LogP contribution in [0.15, 0.2) is 42.6 Å². The molecule has 2 heterocycles. The Morgan fingerprint density at radius 2 is 2.12 bits per heavy atom. The molecule has 0 bridgehead atoms. The fraction of sp³-hybridized carbons (Fsp3) is 0.154. The highest BCUT2D eigenvalue weighted by Gasteiger charge is 2.16. The Morgan fingerprint density at radius 1 is 1.29 bits per heavy atom. The third-order valence-electron chi connectivity index (χ3n) is 2.85. The second-order valence-electron chi connectivity index (χ2n) is 3.97. The first-order valence-electron chi connectivity index (χ1n) is 5.40. The zero-order valence-corrected chi connectivity index (χ0v) is 10.2. The third kappa shape index (κ3) is 1.75. The third-order valence-corrected chi connectivity index (χ3v) is 4.02. The number of thiophene rings is 1. The summed E-state index contributed by atoms with van der Waals surface area (Å²) in [5.41, 5.74) is 0.816. The van der Waals surface area contributed by atoms with Crippen LogP contribution in [-0.4, -0.2) is 14.9 Å². The number of rotatable bonds is 2.